The molecule has 0 unspecified atom stereocenters. The molecule has 2 nitrogen and oxygen atoms in total. The third-order valence-corrected chi connectivity index (χ3v) is 2.18. The van der Waals surface area contributed by atoms with Crippen molar-refractivity contribution in [3.8, 4) is 0 Å². The van der Waals surface area contributed by atoms with Crippen molar-refractivity contribution >= 4 is 5.84 Å². The second-order valence-electron chi connectivity index (χ2n) is 4.27. The predicted molar refractivity (Wildman–Crippen MR) is 65.0 cm³/mol. The first-order valence-corrected chi connectivity index (χ1v) is 5.86. The summed E-state index contributed by atoms with van der Waals surface area (Å²) in [7, 11) is 0. The van der Waals surface area contributed by atoms with Crippen LogP contribution < -0.4 is 0 Å². The van der Waals surface area contributed by atoms with E-state index in [9.17, 15) is 0 Å². The zero-order valence-corrected chi connectivity index (χ0v) is 10.7. The van der Waals surface area contributed by atoms with Crippen LogP contribution in [0.2, 0.25) is 0 Å². The Balaban J connectivity index is 4.60. The summed E-state index contributed by atoms with van der Waals surface area (Å²) in [5.41, 5.74) is 0. The molecule has 0 atom stereocenters. The molecule has 0 heterocycles. The van der Waals surface area contributed by atoms with Crippen molar-refractivity contribution < 1.29 is 0 Å². The van der Waals surface area contributed by atoms with Crippen LogP contribution in [-0.4, -0.2) is 29.4 Å². The van der Waals surface area contributed by atoms with Gasteiger partial charge in [-0.15, -0.1) is 0 Å². The molecule has 0 saturated carbocycles. The molecule has 0 aliphatic heterocycles. The summed E-state index contributed by atoms with van der Waals surface area (Å²) in [5.74, 6) is 1.28. The van der Waals surface area contributed by atoms with E-state index in [4.69, 9.17) is 4.99 Å². The van der Waals surface area contributed by atoms with Crippen LogP contribution in [-0.2, 0) is 0 Å². The van der Waals surface area contributed by atoms with Gasteiger partial charge in [0.2, 0.25) is 0 Å². The van der Waals surface area contributed by atoms with Gasteiger partial charge in [0.15, 0.2) is 0 Å². The van der Waals surface area contributed by atoms with Crippen LogP contribution in [0, 0.1) is 0 Å². The molecule has 0 saturated heterocycles. The zero-order valence-electron chi connectivity index (χ0n) is 10.7. The van der Waals surface area contributed by atoms with Crippen LogP contribution in [0.4, 0.5) is 0 Å². The van der Waals surface area contributed by atoms with E-state index in [2.05, 4.69) is 46.4 Å². The zero-order chi connectivity index (χ0) is 11.1. The largest absolute Gasteiger partial charge is 0.358 e. The second kappa shape index (κ2) is 6.86. The molecular formula is C12H26N2. The quantitative estimate of drug-likeness (QED) is 0.489. The van der Waals surface area contributed by atoms with E-state index < -0.39 is 0 Å². The topological polar surface area (TPSA) is 15.6 Å². The van der Waals surface area contributed by atoms with Gasteiger partial charge in [-0.05, 0) is 41.0 Å². The van der Waals surface area contributed by atoms with E-state index in [0.29, 0.717) is 12.1 Å². The minimum atomic E-state index is 0.407. The third-order valence-electron chi connectivity index (χ3n) is 2.18. The number of aliphatic imine (C=N–C) groups is 1. The Morgan fingerprint density at radius 1 is 1.14 bits per heavy atom. The normalized spacial score (nSPS) is 12.7. The summed E-state index contributed by atoms with van der Waals surface area (Å²) < 4.78 is 0. The Labute approximate surface area is 89.4 Å². The Bertz CT molecular complexity index is 171. The fourth-order valence-electron chi connectivity index (χ4n) is 1.65. The first-order valence-electron chi connectivity index (χ1n) is 5.86. The first-order chi connectivity index (χ1) is 6.52. The van der Waals surface area contributed by atoms with E-state index in [1.165, 1.54) is 12.3 Å². The average Bonchev–Trinajstić information content (AvgIpc) is 2.03. The highest BCUT2D eigenvalue weighted by molar-refractivity contribution is 5.82. The second-order valence-corrected chi connectivity index (χ2v) is 4.27. The SMILES string of the molecule is CCC/C(=N/C(C)C)N(CC)C(C)C. The monoisotopic (exact) mass is 198 g/mol. The van der Waals surface area contributed by atoms with E-state index in [1.807, 2.05) is 0 Å². The molecule has 0 bridgehead atoms. The van der Waals surface area contributed by atoms with Crippen molar-refractivity contribution in [2.75, 3.05) is 6.54 Å². The number of hydrogen-bond donors (Lipinski definition) is 0. The molecule has 0 aromatic heterocycles. The van der Waals surface area contributed by atoms with E-state index in [-0.39, 0.29) is 0 Å². The molecule has 0 aromatic rings. The minimum absolute atomic E-state index is 0.407. The van der Waals surface area contributed by atoms with Crippen LogP contribution in [0.5, 0.6) is 0 Å². The van der Waals surface area contributed by atoms with Crippen LogP contribution >= 0.6 is 0 Å². The lowest BCUT2D eigenvalue weighted by Crippen LogP contribution is -2.37. The molecule has 0 rings (SSSR count). The van der Waals surface area contributed by atoms with E-state index in [0.717, 1.165) is 13.0 Å². The molecule has 0 amide bonds. The smallest absolute Gasteiger partial charge is 0.0994 e. The fourth-order valence-corrected chi connectivity index (χ4v) is 1.65. The van der Waals surface area contributed by atoms with Crippen molar-refractivity contribution in [2.24, 2.45) is 4.99 Å². The van der Waals surface area contributed by atoms with E-state index >= 15 is 0 Å². The predicted octanol–water partition coefficient (Wildman–Crippen LogP) is 3.32. The van der Waals surface area contributed by atoms with Gasteiger partial charge in [-0.1, -0.05) is 6.92 Å². The molecule has 14 heavy (non-hydrogen) atoms. The maximum Gasteiger partial charge on any atom is 0.0994 e. The maximum atomic E-state index is 4.70. The lowest BCUT2D eigenvalue weighted by Gasteiger charge is -2.29. The van der Waals surface area contributed by atoms with Gasteiger partial charge in [0.25, 0.3) is 0 Å². The minimum Gasteiger partial charge on any atom is -0.358 e. The summed E-state index contributed by atoms with van der Waals surface area (Å²) in [4.78, 5) is 7.09. The van der Waals surface area contributed by atoms with Crippen molar-refractivity contribution in [2.45, 2.75) is 66.5 Å². The van der Waals surface area contributed by atoms with Crippen LogP contribution in [0.25, 0.3) is 0 Å². The Morgan fingerprint density at radius 3 is 2.00 bits per heavy atom. The van der Waals surface area contributed by atoms with Crippen molar-refractivity contribution in [1.29, 1.82) is 0 Å². The van der Waals surface area contributed by atoms with Crippen LogP contribution in [0.1, 0.15) is 54.4 Å². The summed E-state index contributed by atoms with van der Waals surface area (Å²) in [6, 6.07) is 0.966. The average molecular weight is 198 g/mol. The Hall–Kier alpha value is -0.530. The first kappa shape index (κ1) is 13.5. The van der Waals surface area contributed by atoms with Gasteiger partial charge in [0.1, 0.15) is 0 Å². The van der Waals surface area contributed by atoms with Gasteiger partial charge in [0.05, 0.1) is 5.84 Å². The Morgan fingerprint density at radius 2 is 1.71 bits per heavy atom. The standard InChI is InChI=1S/C12H26N2/c1-7-9-12(13-10(3)4)14(8-2)11(5)6/h10-11H,7-9H2,1-6H3/b13-12-. The highest BCUT2D eigenvalue weighted by Crippen LogP contribution is 2.07. The number of rotatable bonds is 5. The lowest BCUT2D eigenvalue weighted by atomic mass is 10.2. The van der Waals surface area contributed by atoms with Crippen LogP contribution in [0.15, 0.2) is 4.99 Å². The fraction of sp³-hybridized carbons (Fsp3) is 0.917. The number of nitrogens with zero attached hydrogens (tertiary/aromatic N) is 2. The highest BCUT2D eigenvalue weighted by Gasteiger charge is 2.12. The van der Waals surface area contributed by atoms with Crippen molar-refractivity contribution in [3.05, 3.63) is 0 Å². The third kappa shape index (κ3) is 4.64. The maximum absolute atomic E-state index is 4.70. The number of hydrogen-bond acceptors (Lipinski definition) is 1. The molecule has 0 aliphatic carbocycles. The van der Waals surface area contributed by atoms with E-state index in [1.54, 1.807) is 0 Å². The molecule has 0 spiro atoms. The highest BCUT2D eigenvalue weighted by atomic mass is 15.2. The molecule has 0 radical (unpaired) electrons. The molecule has 84 valence electrons. The van der Waals surface area contributed by atoms with Gasteiger partial charge in [-0.25, -0.2) is 0 Å². The molecule has 0 fully saturated rings. The van der Waals surface area contributed by atoms with Gasteiger partial charge < -0.3 is 4.90 Å². The summed E-state index contributed by atoms with van der Waals surface area (Å²) in [6.07, 6.45) is 2.28. The molecule has 0 aliphatic rings. The number of amidine groups is 1. The van der Waals surface area contributed by atoms with Crippen LogP contribution in [0.3, 0.4) is 0 Å². The van der Waals surface area contributed by atoms with Gasteiger partial charge >= 0.3 is 0 Å². The Kier molecular flexibility index (Phi) is 6.60. The van der Waals surface area contributed by atoms with Gasteiger partial charge in [-0.3, -0.25) is 4.99 Å². The summed E-state index contributed by atoms with van der Waals surface area (Å²) in [5, 5.41) is 0. The molecule has 0 N–H and O–H groups in total. The molecular weight excluding hydrogens is 172 g/mol. The van der Waals surface area contributed by atoms with Crippen molar-refractivity contribution in [1.82, 2.24) is 4.90 Å². The molecule has 2 heteroatoms. The summed E-state index contributed by atoms with van der Waals surface area (Å²) >= 11 is 0. The van der Waals surface area contributed by atoms with Gasteiger partial charge in [0, 0.05) is 25.0 Å². The lowest BCUT2D eigenvalue weighted by molar-refractivity contribution is 0.356. The molecule has 0 aromatic carbocycles. The van der Waals surface area contributed by atoms with Gasteiger partial charge in [-0.2, -0.15) is 0 Å². The summed E-state index contributed by atoms with van der Waals surface area (Å²) in [6.45, 7) is 14.2. The van der Waals surface area contributed by atoms with Crippen molar-refractivity contribution in [3.63, 3.8) is 0 Å².